The second-order valence-electron chi connectivity index (χ2n) is 5.33. The number of hydrogen-bond acceptors (Lipinski definition) is 3. The minimum absolute atomic E-state index is 0.117. The number of thiocarbonyl (C=S) groups is 1. The zero-order chi connectivity index (χ0) is 13.9. The molecule has 1 N–H and O–H groups in total. The van der Waals surface area contributed by atoms with E-state index in [2.05, 4.69) is 45.5 Å². The maximum atomic E-state index is 10.8. The lowest BCUT2D eigenvalue weighted by molar-refractivity contribution is -0.135. The van der Waals surface area contributed by atoms with Gasteiger partial charge in [0.1, 0.15) is 5.25 Å². The molecule has 0 fully saturated rings. The van der Waals surface area contributed by atoms with Gasteiger partial charge in [0, 0.05) is 11.3 Å². The van der Waals surface area contributed by atoms with Crippen molar-refractivity contribution in [2.45, 2.75) is 37.9 Å². The molecule has 0 heterocycles. The van der Waals surface area contributed by atoms with Crippen LogP contribution in [0, 0.1) is 0 Å². The first-order valence-electron chi connectivity index (χ1n) is 5.75. The highest BCUT2D eigenvalue weighted by atomic mass is 32.1. The fourth-order valence-electron chi connectivity index (χ4n) is 1.56. The van der Waals surface area contributed by atoms with E-state index in [0.717, 1.165) is 5.56 Å². The molecule has 2 nitrogen and oxygen atoms in total. The highest BCUT2D eigenvalue weighted by molar-refractivity contribution is 7.87. The highest BCUT2D eigenvalue weighted by Crippen LogP contribution is 2.22. The van der Waals surface area contributed by atoms with Crippen molar-refractivity contribution in [2.24, 2.45) is 0 Å². The Balaban J connectivity index is 2.76. The summed E-state index contributed by atoms with van der Waals surface area (Å²) in [7, 11) is 0. The SMILES string of the molecule is CC(C)(C)c1ccc(CC(=S)C(S)C(=O)O)cc1. The molecule has 18 heavy (non-hydrogen) atoms. The Morgan fingerprint density at radius 2 is 1.83 bits per heavy atom. The minimum Gasteiger partial charge on any atom is -0.480 e. The van der Waals surface area contributed by atoms with E-state index in [9.17, 15) is 4.79 Å². The molecule has 1 aromatic carbocycles. The Morgan fingerprint density at radius 3 is 2.22 bits per heavy atom. The van der Waals surface area contributed by atoms with Crippen molar-refractivity contribution < 1.29 is 9.90 Å². The van der Waals surface area contributed by atoms with Crippen molar-refractivity contribution in [2.75, 3.05) is 0 Å². The number of rotatable bonds is 4. The topological polar surface area (TPSA) is 37.3 Å². The number of aliphatic carboxylic acids is 1. The summed E-state index contributed by atoms with van der Waals surface area (Å²) in [4.78, 5) is 11.2. The van der Waals surface area contributed by atoms with Crippen LogP contribution in [0.1, 0.15) is 31.9 Å². The van der Waals surface area contributed by atoms with Crippen LogP contribution in [0.2, 0.25) is 0 Å². The molecule has 1 atom stereocenters. The average Bonchev–Trinajstić information content (AvgIpc) is 2.27. The first-order chi connectivity index (χ1) is 8.21. The van der Waals surface area contributed by atoms with Crippen LogP contribution in [-0.2, 0) is 16.6 Å². The minimum atomic E-state index is -0.991. The molecule has 1 aromatic rings. The van der Waals surface area contributed by atoms with Crippen LogP contribution in [0.5, 0.6) is 0 Å². The normalized spacial score (nSPS) is 13.1. The van der Waals surface area contributed by atoms with Crippen LogP contribution in [0.3, 0.4) is 0 Å². The van der Waals surface area contributed by atoms with Gasteiger partial charge in [-0.15, -0.1) is 0 Å². The van der Waals surface area contributed by atoms with Crippen molar-refractivity contribution in [3.63, 3.8) is 0 Å². The molecule has 0 aliphatic carbocycles. The van der Waals surface area contributed by atoms with Gasteiger partial charge in [-0.2, -0.15) is 12.6 Å². The fraction of sp³-hybridized carbons (Fsp3) is 0.429. The van der Waals surface area contributed by atoms with Crippen molar-refractivity contribution >= 4 is 35.7 Å². The lowest BCUT2D eigenvalue weighted by Crippen LogP contribution is -2.24. The van der Waals surface area contributed by atoms with E-state index in [0.29, 0.717) is 11.3 Å². The summed E-state index contributed by atoms with van der Waals surface area (Å²) in [6, 6.07) is 8.11. The van der Waals surface area contributed by atoms with Crippen molar-refractivity contribution in [1.82, 2.24) is 0 Å². The maximum absolute atomic E-state index is 10.8. The van der Waals surface area contributed by atoms with E-state index in [1.54, 1.807) is 0 Å². The van der Waals surface area contributed by atoms with Crippen LogP contribution in [0.25, 0.3) is 0 Å². The molecule has 98 valence electrons. The zero-order valence-corrected chi connectivity index (χ0v) is 12.5. The van der Waals surface area contributed by atoms with Crippen LogP contribution in [0.15, 0.2) is 24.3 Å². The van der Waals surface area contributed by atoms with Crippen LogP contribution < -0.4 is 0 Å². The lowest BCUT2D eigenvalue weighted by atomic mass is 9.86. The van der Waals surface area contributed by atoms with Crippen LogP contribution >= 0.6 is 24.8 Å². The molecule has 1 rings (SSSR count). The number of carboxylic acids is 1. The molecular weight excluding hydrogens is 264 g/mol. The van der Waals surface area contributed by atoms with Gasteiger partial charge in [0.05, 0.1) is 0 Å². The van der Waals surface area contributed by atoms with Gasteiger partial charge in [-0.3, -0.25) is 4.79 Å². The van der Waals surface area contributed by atoms with E-state index < -0.39 is 11.2 Å². The molecule has 0 amide bonds. The van der Waals surface area contributed by atoms with E-state index >= 15 is 0 Å². The quantitative estimate of drug-likeness (QED) is 0.657. The molecular formula is C14H18O2S2. The maximum Gasteiger partial charge on any atom is 0.321 e. The van der Waals surface area contributed by atoms with Crippen LogP contribution in [-0.4, -0.2) is 21.2 Å². The van der Waals surface area contributed by atoms with Crippen molar-refractivity contribution in [3.8, 4) is 0 Å². The molecule has 0 aliphatic rings. The standard InChI is InChI=1S/C14H18O2S2/c1-14(2,3)10-6-4-9(5-7-10)8-11(17)12(18)13(15)16/h4-7,12,18H,8H2,1-3H3,(H,15,16). The predicted octanol–water partition coefficient (Wildman–Crippen LogP) is 3.28. The summed E-state index contributed by atoms with van der Waals surface area (Å²) in [6.45, 7) is 6.46. The van der Waals surface area contributed by atoms with E-state index in [-0.39, 0.29) is 5.41 Å². The number of carboxylic acid groups (broad SMARTS) is 1. The van der Waals surface area contributed by atoms with Gasteiger partial charge in [-0.05, 0) is 16.5 Å². The van der Waals surface area contributed by atoms with E-state index in [4.69, 9.17) is 17.3 Å². The third-order valence-corrected chi connectivity index (χ3v) is 3.82. The largest absolute Gasteiger partial charge is 0.480 e. The number of carbonyl (C=O) groups is 1. The second kappa shape index (κ2) is 5.85. The molecule has 0 saturated carbocycles. The predicted molar refractivity (Wildman–Crippen MR) is 81.9 cm³/mol. The first kappa shape index (κ1) is 15.2. The van der Waals surface area contributed by atoms with Gasteiger partial charge >= 0.3 is 5.97 Å². The molecule has 4 heteroatoms. The van der Waals surface area contributed by atoms with E-state index in [1.165, 1.54) is 5.56 Å². The van der Waals surface area contributed by atoms with E-state index in [1.807, 2.05) is 12.1 Å². The summed E-state index contributed by atoms with van der Waals surface area (Å²) in [5, 5.41) is 7.94. The number of hydrogen-bond donors (Lipinski definition) is 2. The van der Waals surface area contributed by atoms with Gasteiger partial charge in [0.15, 0.2) is 0 Å². The summed E-state index contributed by atoms with van der Waals surface area (Å²) >= 11 is 9.06. The lowest BCUT2D eigenvalue weighted by Gasteiger charge is -2.19. The van der Waals surface area contributed by atoms with Gasteiger partial charge in [0.25, 0.3) is 0 Å². The smallest absolute Gasteiger partial charge is 0.321 e. The zero-order valence-electron chi connectivity index (χ0n) is 10.8. The molecule has 0 aliphatic heterocycles. The Hall–Kier alpha value is -0.870. The molecule has 0 bridgehead atoms. The Bertz CT molecular complexity index is 444. The molecule has 0 spiro atoms. The molecule has 1 unspecified atom stereocenters. The Labute approximate surface area is 119 Å². The van der Waals surface area contributed by atoms with Gasteiger partial charge in [-0.1, -0.05) is 57.3 Å². The monoisotopic (exact) mass is 282 g/mol. The molecule has 0 saturated heterocycles. The average molecular weight is 282 g/mol. The number of thiol groups is 1. The Kier molecular flexibility index (Phi) is 4.93. The summed E-state index contributed by atoms with van der Waals surface area (Å²) in [5.41, 5.74) is 2.39. The fourth-order valence-corrected chi connectivity index (χ4v) is 1.92. The van der Waals surface area contributed by atoms with Gasteiger partial charge in [-0.25, -0.2) is 0 Å². The van der Waals surface area contributed by atoms with Crippen molar-refractivity contribution in [3.05, 3.63) is 35.4 Å². The molecule has 0 radical (unpaired) electrons. The first-order valence-corrected chi connectivity index (χ1v) is 6.67. The summed E-state index contributed by atoms with van der Waals surface area (Å²) in [6.07, 6.45) is 0.472. The summed E-state index contributed by atoms with van der Waals surface area (Å²) < 4.78 is 0. The highest BCUT2D eigenvalue weighted by Gasteiger charge is 2.18. The molecule has 0 aromatic heterocycles. The number of benzene rings is 1. The Morgan fingerprint density at radius 1 is 1.33 bits per heavy atom. The van der Waals surface area contributed by atoms with Gasteiger partial charge < -0.3 is 5.11 Å². The van der Waals surface area contributed by atoms with Gasteiger partial charge in [0.2, 0.25) is 0 Å². The van der Waals surface area contributed by atoms with Crippen LogP contribution in [0.4, 0.5) is 0 Å². The summed E-state index contributed by atoms with van der Waals surface area (Å²) in [5.74, 6) is -0.991. The second-order valence-corrected chi connectivity index (χ2v) is 6.37. The third-order valence-electron chi connectivity index (χ3n) is 2.74. The van der Waals surface area contributed by atoms with Crippen molar-refractivity contribution in [1.29, 1.82) is 0 Å². The third kappa shape index (κ3) is 4.10.